The molecule has 1 heterocycles. The van der Waals surface area contributed by atoms with Crippen molar-refractivity contribution in [1.29, 1.82) is 0 Å². The first kappa shape index (κ1) is 10.5. The number of ether oxygens (including phenoxy) is 1. The topological polar surface area (TPSA) is 47.3 Å². The summed E-state index contributed by atoms with van der Waals surface area (Å²) in [5.74, 6) is 1.67. The summed E-state index contributed by atoms with van der Waals surface area (Å²) in [6, 6.07) is 7.83. The molecule has 4 nitrogen and oxygen atoms in total. The Hall–Kier alpha value is -1.97. The summed E-state index contributed by atoms with van der Waals surface area (Å²) in [5.41, 5.74) is 1.00. The number of oxazole rings is 1. The van der Waals surface area contributed by atoms with Gasteiger partial charge in [-0.05, 0) is 19.1 Å². The van der Waals surface area contributed by atoms with Gasteiger partial charge in [-0.15, -0.1) is 0 Å². The first-order chi connectivity index (χ1) is 7.88. The molecule has 0 amide bonds. The fraction of sp³-hybridized carbons (Fsp3) is 0.250. The van der Waals surface area contributed by atoms with Gasteiger partial charge in [-0.1, -0.05) is 6.07 Å². The first-order valence-electron chi connectivity index (χ1n) is 5.22. The molecule has 84 valence electrons. The van der Waals surface area contributed by atoms with Gasteiger partial charge < -0.3 is 14.5 Å². The van der Waals surface area contributed by atoms with E-state index in [4.69, 9.17) is 9.15 Å². The van der Waals surface area contributed by atoms with Gasteiger partial charge in [0.15, 0.2) is 6.39 Å². The number of nitrogens with one attached hydrogen (secondary N) is 1. The molecule has 0 aliphatic rings. The molecule has 1 aromatic carbocycles. The predicted octanol–water partition coefficient (Wildman–Crippen LogP) is 2.69. The van der Waals surface area contributed by atoms with E-state index in [-0.39, 0.29) is 0 Å². The lowest BCUT2D eigenvalue weighted by Crippen LogP contribution is -1.99. The van der Waals surface area contributed by atoms with Gasteiger partial charge in [0.05, 0.1) is 19.3 Å². The summed E-state index contributed by atoms with van der Waals surface area (Å²) in [5, 5.41) is 3.23. The molecule has 0 spiro atoms. The van der Waals surface area contributed by atoms with Crippen LogP contribution in [0.25, 0.3) is 0 Å². The van der Waals surface area contributed by atoms with Crippen molar-refractivity contribution in [1.82, 2.24) is 4.98 Å². The van der Waals surface area contributed by atoms with E-state index < -0.39 is 0 Å². The third kappa shape index (κ3) is 2.76. The quantitative estimate of drug-likeness (QED) is 0.838. The van der Waals surface area contributed by atoms with Crippen molar-refractivity contribution in [3.8, 4) is 5.75 Å². The summed E-state index contributed by atoms with van der Waals surface area (Å²) >= 11 is 0. The number of aromatic nitrogens is 1. The maximum Gasteiger partial charge on any atom is 0.180 e. The minimum absolute atomic E-state index is 0.621. The van der Waals surface area contributed by atoms with Gasteiger partial charge in [0, 0.05) is 11.8 Å². The molecule has 1 aromatic heterocycles. The van der Waals surface area contributed by atoms with Crippen molar-refractivity contribution in [2.24, 2.45) is 0 Å². The van der Waals surface area contributed by atoms with Crippen LogP contribution in [0.4, 0.5) is 5.69 Å². The number of rotatable bonds is 5. The normalized spacial score (nSPS) is 10.1. The lowest BCUT2D eigenvalue weighted by molar-refractivity contribution is 0.340. The van der Waals surface area contributed by atoms with Crippen molar-refractivity contribution in [2.75, 3.05) is 11.9 Å². The Morgan fingerprint density at radius 2 is 2.38 bits per heavy atom. The number of anilines is 1. The van der Waals surface area contributed by atoms with Crippen molar-refractivity contribution >= 4 is 5.69 Å². The Kier molecular flexibility index (Phi) is 3.43. The van der Waals surface area contributed by atoms with Gasteiger partial charge in [0.25, 0.3) is 0 Å². The maximum absolute atomic E-state index is 5.41. The molecular formula is C12H14N2O2. The van der Waals surface area contributed by atoms with E-state index in [1.165, 1.54) is 6.39 Å². The maximum atomic E-state index is 5.41. The smallest absolute Gasteiger partial charge is 0.180 e. The largest absolute Gasteiger partial charge is 0.494 e. The molecule has 0 atom stereocenters. The van der Waals surface area contributed by atoms with Crippen LogP contribution in [0, 0.1) is 0 Å². The van der Waals surface area contributed by atoms with Crippen molar-refractivity contribution < 1.29 is 9.15 Å². The Bertz CT molecular complexity index is 426. The van der Waals surface area contributed by atoms with Crippen molar-refractivity contribution in [2.45, 2.75) is 13.5 Å². The van der Waals surface area contributed by atoms with Crippen LogP contribution in [0.1, 0.15) is 12.7 Å². The van der Waals surface area contributed by atoms with Gasteiger partial charge in [0.1, 0.15) is 11.5 Å². The molecule has 2 aromatic rings. The molecule has 16 heavy (non-hydrogen) atoms. The monoisotopic (exact) mass is 218 g/mol. The highest BCUT2D eigenvalue weighted by atomic mass is 16.5. The molecule has 0 aliphatic carbocycles. The zero-order chi connectivity index (χ0) is 11.2. The molecule has 1 N–H and O–H groups in total. The molecule has 0 aliphatic heterocycles. The van der Waals surface area contributed by atoms with Crippen molar-refractivity contribution in [3.05, 3.63) is 42.6 Å². The molecule has 0 saturated heterocycles. The molecule has 2 rings (SSSR count). The lowest BCUT2D eigenvalue weighted by atomic mass is 10.3. The van der Waals surface area contributed by atoms with E-state index >= 15 is 0 Å². The Morgan fingerprint density at radius 1 is 1.44 bits per heavy atom. The second-order valence-corrected chi connectivity index (χ2v) is 3.28. The molecule has 0 unspecified atom stereocenters. The number of hydrogen-bond acceptors (Lipinski definition) is 4. The van der Waals surface area contributed by atoms with Gasteiger partial charge in [0.2, 0.25) is 0 Å². The fourth-order valence-corrected chi connectivity index (χ4v) is 1.38. The number of nitrogens with zero attached hydrogens (tertiary/aromatic N) is 1. The highest BCUT2D eigenvalue weighted by Crippen LogP contribution is 2.17. The van der Waals surface area contributed by atoms with Crippen LogP contribution >= 0.6 is 0 Å². The van der Waals surface area contributed by atoms with Gasteiger partial charge in [-0.3, -0.25) is 0 Å². The second kappa shape index (κ2) is 5.21. The number of benzene rings is 1. The zero-order valence-electron chi connectivity index (χ0n) is 9.14. The van der Waals surface area contributed by atoms with E-state index in [1.807, 2.05) is 31.2 Å². The third-order valence-corrected chi connectivity index (χ3v) is 2.10. The van der Waals surface area contributed by atoms with Crippen LogP contribution in [-0.2, 0) is 6.54 Å². The Balaban J connectivity index is 1.96. The van der Waals surface area contributed by atoms with Crippen LogP contribution in [0.15, 0.2) is 41.3 Å². The average Bonchev–Trinajstić information content (AvgIpc) is 2.80. The molecule has 0 fully saturated rings. The third-order valence-electron chi connectivity index (χ3n) is 2.10. The molecule has 4 heteroatoms. The lowest BCUT2D eigenvalue weighted by Gasteiger charge is -2.07. The van der Waals surface area contributed by atoms with Gasteiger partial charge in [-0.2, -0.15) is 0 Å². The summed E-state index contributed by atoms with van der Waals surface area (Å²) < 4.78 is 10.5. The predicted molar refractivity (Wildman–Crippen MR) is 61.4 cm³/mol. The standard InChI is InChI=1S/C12H14N2O2/c1-2-15-11-5-3-4-10(6-11)14-8-12-7-13-9-16-12/h3-7,9,14H,2,8H2,1H3. The molecule has 0 radical (unpaired) electrons. The first-order valence-corrected chi connectivity index (χ1v) is 5.22. The van der Waals surface area contributed by atoms with Crippen LogP contribution in [0.5, 0.6) is 5.75 Å². The summed E-state index contributed by atoms with van der Waals surface area (Å²) in [6.45, 7) is 3.26. The summed E-state index contributed by atoms with van der Waals surface area (Å²) in [4.78, 5) is 3.85. The zero-order valence-corrected chi connectivity index (χ0v) is 9.14. The van der Waals surface area contributed by atoms with Gasteiger partial charge >= 0.3 is 0 Å². The highest BCUT2D eigenvalue weighted by molar-refractivity contribution is 5.48. The van der Waals surface area contributed by atoms with E-state index in [2.05, 4.69) is 10.3 Å². The fourth-order valence-electron chi connectivity index (χ4n) is 1.38. The Morgan fingerprint density at radius 3 is 3.12 bits per heavy atom. The highest BCUT2D eigenvalue weighted by Gasteiger charge is 1.98. The average molecular weight is 218 g/mol. The van der Waals surface area contributed by atoms with Crippen LogP contribution in [0.2, 0.25) is 0 Å². The van der Waals surface area contributed by atoms with E-state index in [1.54, 1.807) is 6.20 Å². The molecule has 0 saturated carbocycles. The minimum Gasteiger partial charge on any atom is -0.494 e. The van der Waals surface area contributed by atoms with Crippen molar-refractivity contribution in [3.63, 3.8) is 0 Å². The van der Waals surface area contributed by atoms with E-state index in [0.717, 1.165) is 17.2 Å². The SMILES string of the molecule is CCOc1cccc(NCc2cnco2)c1. The second-order valence-electron chi connectivity index (χ2n) is 3.28. The van der Waals surface area contributed by atoms with E-state index in [0.29, 0.717) is 13.2 Å². The minimum atomic E-state index is 0.621. The van der Waals surface area contributed by atoms with Crippen LogP contribution in [-0.4, -0.2) is 11.6 Å². The van der Waals surface area contributed by atoms with Gasteiger partial charge in [-0.25, -0.2) is 4.98 Å². The van der Waals surface area contributed by atoms with E-state index in [9.17, 15) is 0 Å². The molecule has 0 bridgehead atoms. The summed E-state index contributed by atoms with van der Waals surface area (Å²) in [6.07, 6.45) is 3.12. The van der Waals surface area contributed by atoms with Crippen LogP contribution < -0.4 is 10.1 Å². The number of hydrogen-bond donors (Lipinski definition) is 1. The Labute approximate surface area is 94.3 Å². The molecular weight excluding hydrogens is 204 g/mol. The summed E-state index contributed by atoms with van der Waals surface area (Å²) in [7, 11) is 0. The van der Waals surface area contributed by atoms with Crippen LogP contribution in [0.3, 0.4) is 0 Å².